The van der Waals surface area contributed by atoms with E-state index < -0.39 is 28.5 Å². The summed E-state index contributed by atoms with van der Waals surface area (Å²) in [5.74, 6) is -2.46. The van der Waals surface area contributed by atoms with E-state index in [4.69, 9.17) is 10.2 Å². The summed E-state index contributed by atoms with van der Waals surface area (Å²) in [4.78, 5) is 35.9. The molecule has 0 spiro atoms. The van der Waals surface area contributed by atoms with Gasteiger partial charge < -0.3 is 10.2 Å². The summed E-state index contributed by atoms with van der Waals surface area (Å²) >= 11 is 1.92. The van der Waals surface area contributed by atoms with Gasteiger partial charge in [-0.2, -0.15) is 0 Å². The van der Waals surface area contributed by atoms with E-state index in [-0.39, 0.29) is 5.69 Å². The van der Waals surface area contributed by atoms with Crippen LogP contribution in [0.3, 0.4) is 0 Å². The molecule has 0 fully saturated rings. The number of aromatic nitrogens is 1. The zero-order valence-electron chi connectivity index (χ0n) is 10.3. The number of aliphatic carboxylic acids is 2. The summed E-state index contributed by atoms with van der Waals surface area (Å²) in [7, 11) is 0. The first-order valence-electron chi connectivity index (χ1n) is 5.53. The number of carboxylic acids is 2. The normalized spacial score (nSPS) is 12.2. The fraction of sp³-hybridized carbons (Fsp3) is 0.182. The third-order valence-corrected chi connectivity index (χ3v) is 4.74. The number of thioether (sulfide) groups is 1. The molecule has 0 aliphatic rings. The number of nitrogens with zero attached hydrogens (tertiary/aromatic N) is 2. The van der Waals surface area contributed by atoms with Crippen LogP contribution >= 0.6 is 23.1 Å². The van der Waals surface area contributed by atoms with Crippen molar-refractivity contribution in [1.82, 2.24) is 4.98 Å². The van der Waals surface area contributed by atoms with Gasteiger partial charge in [-0.25, -0.2) is 4.98 Å². The van der Waals surface area contributed by atoms with Crippen LogP contribution in [0.25, 0.3) is 10.2 Å². The lowest BCUT2D eigenvalue weighted by molar-refractivity contribution is -0.384. The van der Waals surface area contributed by atoms with Crippen LogP contribution in [-0.4, -0.2) is 37.3 Å². The van der Waals surface area contributed by atoms with Crippen molar-refractivity contribution < 1.29 is 24.7 Å². The summed E-state index contributed by atoms with van der Waals surface area (Å²) in [6.45, 7) is 0. The average Bonchev–Trinajstić information content (AvgIpc) is 2.78. The topological polar surface area (TPSA) is 131 Å². The highest BCUT2D eigenvalue weighted by atomic mass is 32.2. The second-order valence-electron chi connectivity index (χ2n) is 3.93. The SMILES string of the molecule is O=C(O)CC(Sc1nc2ccc([N+](=O)[O-])cc2s1)C(=O)O. The monoisotopic (exact) mass is 328 g/mol. The summed E-state index contributed by atoms with van der Waals surface area (Å²) < 4.78 is 0.908. The molecule has 1 aromatic heterocycles. The molecule has 1 aromatic carbocycles. The first-order valence-corrected chi connectivity index (χ1v) is 7.22. The molecule has 110 valence electrons. The Morgan fingerprint density at radius 3 is 2.71 bits per heavy atom. The molecule has 0 radical (unpaired) electrons. The zero-order valence-corrected chi connectivity index (χ0v) is 11.9. The van der Waals surface area contributed by atoms with E-state index in [9.17, 15) is 19.7 Å². The minimum Gasteiger partial charge on any atom is -0.481 e. The van der Waals surface area contributed by atoms with Crippen LogP contribution < -0.4 is 0 Å². The molecule has 10 heteroatoms. The molecular formula is C11H8N2O6S2. The molecule has 8 nitrogen and oxygen atoms in total. The minimum atomic E-state index is -1.24. The molecule has 0 aliphatic carbocycles. The minimum absolute atomic E-state index is 0.0805. The van der Waals surface area contributed by atoms with Gasteiger partial charge >= 0.3 is 11.9 Å². The van der Waals surface area contributed by atoms with Crippen molar-refractivity contribution in [3.05, 3.63) is 28.3 Å². The molecule has 2 N–H and O–H groups in total. The number of hydrogen-bond donors (Lipinski definition) is 2. The Kier molecular flexibility index (Phi) is 4.38. The van der Waals surface area contributed by atoms with E-state index in [1.807, 2.05) is 0 Å². The third kappa shape index (κ3) is 3.67. The largest absolute Gasteiger partial charge is 0.481 e. The Hall–Kier alpha value is -2.20. The highest BCUT2D eigenvalue weighted by Gasteiger charge is 2.24. The van der Waals surface area contributed by atoms with Crippen molar-refractivity contribution in [2.75, 3.05) is 0 Å². The molecule has 2 aromatic rings. The lowest BCUT2D eigenvalue weighted by Crippen LogP contribution is -2.20. The van der Waals surface area contributed by atoms with Crippen LogP contribution in [0, 0.1) is 10.1 Å². The molecular weight excluding hydrogens is 320 g/mol. The van der Waals surface area contributed by atoms with Crippen LogP contribution in [0.15, 0.2) is 22.5 Å². The summed E-state index contributed by atoms with van der Waals surface area (Å²) in [5, 5.41) is 27.2. The highest BCUT2D eigenvalue weighted by Crippen LogP contribution is 2.34. The fourth-order valence-electron chi connectivity index (χ4n) is 1.52. The number of benzene rings is 1. The quantitative estimate of drug-likeness (QED) is 0.469. The van der Waals surface area contributed by atoms with Gasteiger partial charge in [0.25, 0.3) is 5.69 Å². The first-order chi connectivity index (χ1) is 9.86. The molecule has 0 saturated carbocycles. The number of nitro groups is 1. The summed E-state index contributed by atoms with van der Waals surface area (Å²) in [5.41, 5.74) is 0.426. The Morgan fingerprint density at radius 2 is 2.14 bits per heavy atom. The number of carboxylic acid groups (broad SMARTS) is 2. The maximum absolute atomic E-state index is 11.0. The number of hydrogen-bond acceptors (Lipinski definition) is 7. The predicted molar refractivity (Wildman–Crippen MR) is 75.8 cm³/mol. The standard InChI is InChI=1S/C11H8N2O6S2/c14-9(15)4-8(10(16)17)21-11-12-6-2-1-5(13(18)19)3-7(6)20-11/h1-3,8H,4H2,(H,14,15)(H,16,17). The van der Waals surface area contributed by atoms with Gasteiger partial charge in [0.2, 0.25) is 0 Å². The van der Waals surface area contributed by atoms with Crippen molar-refractivity contribution >= 4 is 50.9 Å². The lowest BCUT2D eigenvalue weighted by atomic mass is 10.3. The van der Waals surface area contributed by atoms with Gasteiger partial charge in [-0.1, -0.05) is 11.8 Å². The first kappa shape index (κ1) is 15.2. The number of nitro benzene ring substituents is 1. The number of thiazole rings is 1. The predicted octanol–water partition coefficient (Wildman–Crippen LogP) is 2.22. The second-order valence-corrected chi connectivity index (χ2v) is 6.41. The maximum atomic E-state index is 11.0. The second kappa shape index (κ2) is 6.06. The van der Waals surface area contributed by atoms with Gasteiger partial charge in [-0.3, -0.25) is 19.7 Å². The van der Waals surface area contributed by atoms with Crippen molar-refractivity contribution in [3.8, 4) is 0 Å². The number of fused-ring (bicyclic) bond motifs is 1. The molecule has 1 heterocycles. The van der Waals surface area contributed by atoms with E-state index >= 15 is 0 Å². The maximum Gasteiger partial charge on any atom is 0.317 e. The number of rotatable bonds is 6. The van der Waals surface area contributed by atoms with Crippen molar-refractivity contribution in [2.24, 2.45) is 0 Å². The van der Waals surface area contributed by atoms with Crippen LogP contribution in [-0.2, 0) is 9.59 Å². The van der Waals surface area contributed by atoms with Gasteiger partial charge in [0.05, 0.1) is 21.6 Å². The van der Waals surface area contributed by atoms with Crippen LogP contribution in [0.1, 0.15) is 6.42 Å². The van der Waals surface area contributed by atoms with Crippen molar-refractivity contribution in [1.29, 1.82) is 0 Å². The summed E-state index contributed by atoms with van der Waals surface area (Å²) in [6.07, 6.45) is -0.532. The van der Waals surface area contributed by atoms with E-state index in [2.05, 4.69) is 4.98 Å². The molecule has 0 bridgehead atoms. The van der Waals surface area contributed by atoms with Gasteiger partial charge in [0.1, 0.15) is 5.25 Å². The average molecular weight is 328 g/mol. The molecule has 2 rings (SSSR count). The fourth-order valence-corrected chi connectivity index (χ4v) is 3.78. The third-order valence-electron chi connectivity index (χ3n) is 2.44. The highest BCUT2D eigenvalue weighted by molar-refractivity contribution is 8.02. The van der Waals surface area contributed by atoms with Gasteiger partial charge in [-0.05, 0) is 6.07 Å². The van der Waals surface area contributed by atoms with E-state index in [1.165, 1.54) is 18.2 Å². The Bertz CT molecular complexity index is 729. The zero-order chi connectivity index (χ0) is 15.6. The van der Waals surface area contributed by atoms with Crippen molar-refractivity contribution in [2.45, 2.75) is 16.0 Å². The number of non-ortho nitro benzene ring substituents is 1. The smallest absolute Gasteiger partial charge is 0.317 e. The van der Waals surface area contributed by atoms with E-state index in [1.54, 1.807) is 0 Å². The van der Waals surface area contributed by atoms with Crippen LogP contribution in [0.2, 0.25) is 0 Å². The van der Waals surface area contributed by atoms with E-state index in [0.717, 1.165) is 23.1 Å². The Labute approximate surface area is 125 Å². The lowest BCUT2D eigenvalue weighted by Gasteiger charge is -2.06. The molecule has 0 amide bonds. The van der Waals surface area contributed by atoms with Gasteiger partial charge in [0.15, 0.2) is 4.34 Å². The van der Waals surface area contributed by atoms with Gasteiger partial charge in [0, 0.05) is 12.1 Å². The summed E-state index contributed by atoms with van der Waals surface area (Å²) in [6, 6.07) is 4.13. The molecule has 1 atom stereocenters. The van der Waals surface area contributed by atoms with Crippen molar-refractivity contribution in [3.63, 3.8) is 0 Å². The molecule has 1 unspecified atom stereocenters. The molecule has 0 aliphatic heterocycles. The Morgan fingerprint density at radius 1 is 1.43 bits per heavy atom. The van der Waals surface area contributed by atoms with E-state index in [0.29, 0.717) is 14.6 Å². The Balaban J connectivity index is 2.27. The van der Waals surface area contributed by atoms with Gasteiger partial charge in [-0.15, -0.1) is 11.3 Å². The van der Waals surface area contributed by atoms with Crippen LogP contribution in [0.4, 0.5) is 5.69 Å². The number of carbonyl (C=O) groups is 2. The molecule has 21 heavy (non-hydrogen) atoms. The van der Waals surface area contributed by atoms with Crippen LogP contribution in [0.5, 0.6) is 0 Å². The molecule has 0 saturated heterocycles.